The number of benzene rings is 4. The molecule has 4 aromatic carbocycles. The van der Waals surface area contributed by atoms with Gasteiger partial charge in [-0.25, -0.2) is 0 Å². The fourth-order valence-electron chi connectivity index (χ4n) is 7.06. The van der Waals surface area contributed by atoms with E-state index in [-0.39, 0.29) is 17.5 Å². The Balaban J connectivity index is 1.53. The Morgan fingerprint density at radius 2 is 1.50 bits per heavy atom. The second-order valence-corrected chi connectivity index (χ2v) is 10.7. The van der Waals surface area contributed by atoms with Crippen molar-refractivity contribution >= 4 is 34.9 Å². The number of fused-ring (bicyclic) bond motifs is 6. The van der Waals surface area contributed by atoms with Crippen molar-refractivity contribution in [1.82, 2.24) is 0 Å². The number of hydrogen-bond acceptors (Lipinski definition) is 6. The third kappa shape index (κ3) is 3.49. The SMILES string of the molecule is COc1ccc(C(=O)C2C(C(=O)c3ccccc3)N3c4ccccc4C=CC3C23C(=O)Nc2ccccc23)cc1OC. The van der Waals surface area contributed by atoms with Crippen molar-refractivity contribution in [2.75, 3.05) is 24.4 Å². The van der Waals surface area contributed by atoms with Crippen molar-refractivity contribution < 1.29 is 23.9 Å². The van der Waals surface area contributed by atoms with E-state index in [4.69, 9.17) is 9.47 Å². The van der Waals surface area contributed by atoms with Crippen molar-refractivity contribution in [3.05, 3.63) is 125 Å². The molecule has 42 heavy (non-hydrogen) atoms. The zero-order valence-electron chi connectivity index (χ0n) is 23.1. The summed E-state index contributed by atoms with van der Waals surface area (Å²) in [7, 11) is 3.04. The third-order valence-electron chi connectivity index (χ3n) is 8.82. The normalized spacial score (nSPS) is 23.1. The van der Waals surface area contributed by atoms with Crippen LogP contribution in [-0.2, 0) is 10.2 Å². The van der Waals surface area contributed by atoms with Gasteiger partial charge in [-0.15, -0.1) is 0 Å². The molecular formula is C35H28N2O5. The number of carbonyl (C=O) groups is 3. The highest BCUT2D eigenvalue weighted by Crippen LogP contribution is 2.58. The number of anilines is 2. The number of rotatable bonds is 6. The number of amides is 1. The molecule has 0 aliphatic carbocycles. The highest BCUT2D eigenvalue weighted by molar-refractivity contribution is 6.18. The predicted molar refractivity (Wildman–Crippen MR) is 160 cm³/mol. The van der Waals surface area contributed by atoms with Crippen LogP contribution in [0.3, 0.4) is 0 Å². The molecule has 1 fully saturated rings. The lowest BCUT2D eigenvalue weighted by Crippen LogP contribution is -2.51. The number of nitrogens with zero attached hydrogens (tertiary/aromatic N) is 1. The van der Waals surface area contributed by atoms with Crippen molar-refractivity contribution in [2.45, 2.75) is 17.5 Å². The summed E-state index contributed by atoms with van der Waals surface area (Å²) in [6, 6.07) is 27.6. The Kier molecular flexibility index (Phi) is 5.97. The topological polar surface area (TPSA) is 84.9 Å². The zero-order valence-corrected chi connectivity index (χ0v) is 23.1. The standard InChI is InChI=1S/C35H28N2O5/c1-41-27-18-16-23(20-28(27)42-2)32(38)30-31(33(39)22-11-4-3-5-12-22)37-26-15-9-6-10-21(26)17-19-29(37)35(30)24-13-7-8-14-25(24)36-34(35)40/h3-20,29-31H,1-2H3,(H,36,40). The van der Waals surface area contributed by atoms with E-state index in [1.54, 1.807) is 30.3 Å². The molecule has 1 spiro atoms. The molecule has 3 heterocycles. The van der Waals surface area contributed by atoms with Crippen LogP contribution in [0.25, 0.3) is 6.08 Å². The van der Waals surface area contributed by atoms with Crippen LogP contribution in [0.4, 0.5) is 11.4 Å². The molecule has 4 unspecified atom stereocenters. The van der Waals surface area contributed by atoms with Crippen LogP contribution in [-0.4, -0.2) is 43.8 Å². The van der Waals surface area contributed by atoms with Crippen molar-refractivity contribution in [3.63, 3.8) is 0 Å². The largest absolute Gasteiger partial charge is 0.493 e. The van der Waals surface area contributed by atoms with Gasteiger partial charge >= 0.3 is 0 Å². The van der Waals surface area contributed by atoms with Gasteiger partial charge in [0, 0.05) is 22.5 Å². The van der Waals surface area contributed by atoms with Gasteiger partial charge in [-0.1, -0.05) is 78.9 Å². The molecule has 208 valence electrons. The lowest BCUT2D eigenvalue weighted by atomic mass is 9.64. The van der Waals surface area contributed by atoms with Gasteiger partial charge in [-0.3, -0.25) is 14.4 Å². The summed E-state index contributed by atoms with van der Waals surface area (Å²) in [6.07, 6.45) is 3.96. The van der Waals surface area contributed by atoms with E-state index in [0.717, 1.165) is 11.3 Å². The lowest BCUT2D eigenvalue weighted by molar-refractivity contribution is -0.121. The van der Waals surface area contributed by atoms with Gasteiger partial charge in [0.1, 0.15) is 11.5 Å². The van der Waals surface area contributed by atoms with Crippen LogP contribution in [0.1, 0.15) is 31.8 Å². The van der Waals surface area contributed by atoms with E-state index in [9.17, 15) is 14.4 Å². The van der Waals surface area contributed by atoms with Gasteiger partial charge in [0.2, 0.25) is 5.91 Å². The summed E-state index contributed by atoms with van der Waals surface area (Å²) >= 11 is 0. The minimum Gasteiger partial charge on any atom is -0.493 e. The van der Waals surface area contributed by atoms with Crippen molar-refractivity contribution in [3.8, 4) is 11.5 Å². The highest BCUT2D eigenvalue weighted by Gasteiger charge is 2.70. The molecule has 4 aromatic rings. The summed E-state index contributed by atoms with van der Waals surface area (Å²) in [4.78, 5) is 46.0. The van der Waals surface area contributed by atoms with E-state index in [2.05, 4.69) is 5.32 Å². The van der Waals surface area contributed by atoms with Crippen LogP contribution < -0.4 is 19.7 Å². The first-order valence-electron chi connectivity index (χ1n) is 13.8. The van der Waals surface area contributed by atoms with Gasteiger partial charge in [0.25, 0.3) is 0 Å². The first-order chi connectivity index (χ1) is 20.5. The summed E-state index contributed by atoms with van der Waals surface area (Å²) < 4.78 is 10.9. The molecule has 7 rings (SSSR count). The van der Waals surface area contributed by atoms with Gasteiger partial charge in [-0.2, -0.15) is 0 Å². The average molecular weight is 557 g/mol. The monoisotopic (exact) mass is 556 g/mol. The maximum Gasteiger partial charge on any atom is 0.238 e. The van der Waals surface area contributed by atoms with Crippen LogP contribution in [0.5, 0.6) is 11.5 Å². The molecule has 7 nitrogen and oxygen atoms in total. The smallest absolute Gasteiger partial charge is 0.238 e. The summed E-state index contributed by atoms with van der Waals surface area (Å²) in [5.74, 6) is -1.04. The molecule has 0 radical (unpaired) electrons. The van der Waals surface area contributed by atoms with E-state index in [1.165, 1.54) is 14.2 Å². The third-order valence-corrected chi connectivity index (χ3v) is 8.82. The Hall–Kier alpha value is -5.17. The number of para-hydroxylation sites is 2. The molecule has 0 aromatic heterocycles. The molecule has 0 saturated carbocycles. The predicted octanol–water partition coefficient (Wildman–Crippen LogP) is 5.56. The van der Waals surface area contributed by atoms with E-state index < -0.39 is 23.4 Å². The second kappa shape index (κ2) is 9.73. The number of hydrogen-bond donors (Lipinski definition) is 1. The first-order valence-corrected chi connectivity index (χ1v) is 13.8. The Labute approximate surface area is 243 Å². The number of ketones is 2. The molecule has 1 saturated heterocycles. The molecule has 1 amide bonds. The van der Waals surface area contributed by atoms with Crippen LogP contribution in [0.15, 0.2) is 103 Å². The minimum absolute atomic E-state index is 0.224. The number of carbonyl (C=O) groups excluding carboxylic acids is 3. The van der Waals surface area contributed by atoms with Crippen LogP contribution >= 0.6 is 0 Å². The van der Waals surface area contributed by atoms with Crippen molar-refractivity contribution in [1.29, 1.82) is 0 Å². The van der Waals surface area contributed by atoms with Gasteiger partial charge in [-0.05, 0) is 41.5 Å². The number of ether oxygens (including phenoxy) is 2. The quantitative estimate of drug-likeness (QED) is 0.313. The average Bonchev–Trinajstić information content (AvgIpc) is 3.52. The fraction of sp³-hybridized carbons (Fsp3) is 0.171. The molecular weight excluding hydrogens is 528 g/mol. The summed E-state index contributed by atoms with van der Waals surface area (Å²) in [6.45, 7) is 0. The summed E-state index contributed by atoms with van der Waals surface area (Å²) in [5, 5.41) is 3.06. The maximum atomic E-state index is 15.0. The summed E-state index contributed by atoms with van der Waals surface area (Å²) in [5.41, 5.74) is 2.50. The molecule has 3 aliphatic rings. The minimum atomic E-state index is -1.38. The van der Waals surface area contributed by atoms with Crippen molar-refractivity contribution in [2.24, 2.45) is 5.92 Å². The lowest BCUT2D eigenvalue weighted by Gasteiger charge is -2.37. The maximum absolute atomic E-state index is 15.0. The van der Waals surface area contributed by atoms with Gasteiger partial charge in [0.05, 0.1) is 26.2 Å². The molecule has 7 heteroatoms. The van der Waals surface area contributed by atoms with Crippen LogP contribution in [0, 0.1) is 5.92 Å². The van der Waals surface area contributed by atoms with E-state index in [1.807, 2.05) is 83.8 Å². The van der Waals surface area contributed by atoms with E-state index >= 15 is 0 Å². The van der Waals surface area contributed by atoms with Gasteiger partial charge in [0.15, 0.2) is 23.1 Å². The second-order valence-electron chi connectivity index (χ2n) is 10.7. The molecule has 3 aliphatic heterocycles. The molecule has 1 N–H and O–H groups in total. The number of nitrogens with one attached hydrogen (secondary N) is 1. The highest BCUT2D eigenvalue weighted by atomic mass is 16.5. The number of Topliss-reactive ketones (excluding diaryl/α,β-unsaturated/α-hetero) is 2. The Morgan fingerprint density at radius 3 is 2.29 bits per heavy atom. The van der Waals surface area contributed by atoms with Crippen LogP contribution in [0.2, 0.25) is 0 Å². The molecule has 0 bridgehead atoms. The number of methoxy groups -OCH3 is 2. The van der Waals surface area contributed by atoms with E-state index in [0.29, 0.717) is 33.9 Å². The Morgan fingerprint density at radius 1 is 0.786 bits per heavy atom. The first kappa shape index (κ1) is 25.8. The fourth-order valence-corrected chi connectivity index (χ4v) is 7.06. The Bertz CT molecular complexity index is 1780. The zero-order chi connectivity index (χ0) is 29.0. The van der Waals surface area contributed by atoms with Gasteiger partial charge < -0.3 is 19.7 Å². The molecule has 4 atom stereocenters.